The summed E-state index contributed by atoms with van der Waals surface area (Å²) in [6, 6.07) is 2.55. The Kier molecular flexibility index (Phi) is 5.45. The molecule has 0 unspecified atom stereocenters. The van der Waals surface area contributed by atoms with Gasteiger partial charge >= 0.3 is 0 Å². The molecule has 0 aliphatic heterocycles. The maximum absolute atomic E-state index is 12.6. The second-order valence-electron chi connectivity index (χ2n) is 4.90. The van der Waals surface area contributed by atoms with Gasteiger partial charge in [0.1, 0.15) is 0 Å². The minimum Gasteiger partial charge on any atom is -0.336 e. The zero-order valence-corrected chi connectivity index (χ0v) is 14.9. The third kappa shape index (κ3) is 3.60. The van der Waals surface area contributed by atoms with E-state index >= 15 is 0 Å². The first-order valence-corrected chi connectivity index (χ1v) is 8.94. The van der Waals surface area contributed by atoms with Crippen molar-refractivity contribution >= 4 is 49.1 Å². The summed E-state index contributed by atoms with van der Waals surface area (Å²) in [5, 5.41) is 0. The van der Waals surface area contributed by atoms with Crippen molar-refractivity contribution in [1.82, 2.24) is 4.90 Å². The number of halogens is 2. The van der Waals surface area contributed by atoms with E-state index in [0.29, 0.717) is 12.1 Å². The van der Waals surface area contributed by atoms with E-state index in [2.05, 4.69) is 31.9 Å². The van der Waals surface area contributed by atoms with Crippen LogP contribution in [0.25, 0.3) is 0 Å². The van der Waals surface area contributed by atoms with Gasteiger partial charge in [0, 0.05) is 18.6 Å². The van der Waals surface area contributed by atoms with Crippen molar-refractivity contribution in [2.75, 3.05) is 6.54 Å². The van der Waals surface area contributed by atoms with Crippen LogP contribution in [0.3, 0.4) is 0 Å². The number of hydrogen-bond donors (Lipinski definition) is 1. The van der Waals surface area contributed by atoms with Gasteiger partial charge in [-0.05, 0) is 70.5 Å². The highest BCUT2D eigenvalue weighted by molar-refractivity contribution is 9.12. The average Bonchev–Trinajstić information content (AvgIpc) is 2.71. The van der Waals surface area contributed by atoms with Crippen molar-refractivity contribution in [3.05, 3.63) is 19.2 Å². The maximum atomic E-state index is 12.6. The van der Waals surface area contributed by atoms with Crippen molar-refractivity contribution in [2.45, 2.75) is 44.7 Å². The molecule has 3 nitrogen and oxygen atoms in total. The Morgan fingerprint density at radius 2 is 2.05 bits per heavy atom. The molecule has 106 valence electrons. The Morgan fingerprint density at radius 3 is 2.53 bits per heavy atom. The van der Waals surface area contributed by atoms with Gasteiger partial charge in [0.2, 0.25) is 0 Å². The molecular formula is C13H18Br2N2OS. The molecule has 1 fully saturated rings. The molecule has 0 radical (unpaired) electrons. The standard InChI is InChI=1S/C13H18Br2N2OS/c1-2-17(9-5-3-8(16)4-6-9)13(18)10-7-11(14)19-12(10)15/h7-9H,2-6,16H2,1H3. The maximum Gasteiger partial charge on any atom is 0.256 e. The largest absolute Gasteiger partial charge is 0.336 e. The number of carbonyl (C=O) groups is 1. The van der Waals surface area contributed by atoms with E-state index < -0.39 is 0 Å². The van der Waals surface area contributed by atoms with E-state index in [-0.39, 0.29) is 5.91 Å². The first kappa shape index (κ1) is 15.5. The molecule has 6 heteroatoms. The Hall–Kier alpha value is 0.0900. The van der Waals surface area contributed by atoms with E-state index in [4.69, 9.17) is 5.73 Å². The van der Waals surface area contributed by atoms with Crippen LogP contribution in [-0.2, 0) is 0 Å². The van der Waals surface area contributed by atoms with Gasteiger partial charge in [0.25, 0.3) is 5.91 Å². The Bertz CT molecular complexity index is 455. The Labute approximate surface area is 134 Å². The first-order valence-electron chi connectivity index (χ1n) is 6.54. The SMILES string of the molecule is CCN(C(=O)c1cc(Br)sc1Br)C1CCC(N)CC1. The normalized spacial score (nSPS) is 23.4. The van der Waals surface area contributed by atoms with Crippen molar-refractivity contribution < 1.29 is 4.79 Å². The van der Waals surface area contributed by atoms with Gasteiger partial charge in [-0.2, -0.15) is 0 Å². The highest BCUT2D eigenvalue weighted by Gasteiger charge is 2.28. The van der Waals surface area contributed by atoms with Gasteiger partial charge < -0.3 is 10.6 Å². The molecule has 1 aromatic rings. The van der Waals surface area contributed by atoms with Crippen molar-refractivity contribution in [3.8, 4) is 0 Å². The molecule has 0 bridgehead atoms. The number of amides is 1. The lowest BCUT2D eigenvalue weighted by molar-refractivity contribution is 0.0640. The lowest BCUT2D eigenvalue weighted by atomic mass is 9.90. The van der Waals surface area contributed by atoms with Crippen molar-refractivity contribution in [1.29, 1.82) is 0 Å². The van der Waals surface area contributed by atoms with E-state index in [1.54, 1.807) is 0 Å². The minimum atomic E-state index is 0.122. The topological polar surface area (TPSA) is 46.3 Å². The predicted octanol–water partition coefficient (Wildman–Crippen LogP) is 4.01. The summed E-state index contributed by atoms with van der Waals surface area (Å²) in [4.78, 5) is 14.6. The van der Waals surface area contributed by atoms with Gasteiger partial charge in [0.15, 0.2) is 0 Å². The quantitative estimate of drug-likeness (QED) is 0.819. The van der Waals surface area contributed by atoms with Gasteiger partial charge in [0.05, 0.1) is 13.1 Å². The summed E-state index contributed by atoms with van der Waals surface area (Å²) in [5.74, 6) is 0.122. The third-order valence-electron chi connectivity index (χ3n) is 3.67. The molecule has 1 aromatic heterocycles. The highest BCUT2D eigenvalue weighted by Crippen LogP contribution is 2.33. The zero-order chi connectivity index (χ0) is 14.0. The molecule has 2 rings (SSSR count). The number of nitrogens with zero attached hydrogens (tertiary/aromatic N) is 1. The van der Waals surface area contributed by atoms with Crippen LogP contribution in [-0.4, -0.2) is 29.4 Å². The summed E-state index contributed by atoms with van der Waals surface area (Å²) < 4.78 is 1.87. The molecule has 2 N–H and O–H groups in total. The van der Waals surface area contributed by atoms with Crippen LogP contribution in [0.15, 0.2) is 13.6 Å². The minimum absolute atomic E-state index is 0.122. The van der Waals surface area contributed by atoms with Gasteiger partial charge in [-0.3, -0.25) is 4.79 Å². The fourth-order valence-corrected chi connectivity index (χ4v) is 5.40. The molecule has 0 atom stereocenters. The predicted molar refractivity (Wildman–Crippen MR) is 86.7 cm³/mol. The number of nitrogens with two attached hydrogens (primary N) is 1. The number of thiophene rings is 1. The smallest absolute Gasteiger partial charge is 0.256 e. The molecule has 1 amide bonds. The Morgan fingerprint density at radius 1 is 1.42 bits per heavy atom. The van der Waals surface area contributed by atoms with Crippen molar-refractivity contribution in [3.63, 3.8) is 0 Å². The van der Waals surface area contributed by atoms with Crippen LogP contribution in [0, 0.1) is 0 Å². The van der Waals surface area contributed by atoms with E-state index in [1.165, 1.54) is 11.3 Å². The summed E-state index contributed by atoms with van der Waals surface area (Å²) in [6.07, 6.45) is 4.07. The molecule has 1 aliphatic rings. The summed E-state index contributed by atoms with van der Waals surface area (Å²) in [6.45, 7) is 2.79. The highest BCUT2D eigenvalue weighted by atomic mass is 79.9. The number of carbonyl (C=O) groups excluding carboxylic acids is 1. The second-order valence-corrected chi connectivity index (χ2v) is 8.65. The molecule has 0 aromatic carbocycles. The van der Waals surface area contributed by atoms with Crippen LogP contribution < -0.4 is 5.73 Å². The molecule has 1 saturated carbocycles. The monoisotopic (exact) mass is 408 g/mol. The zero-order valence-electron chi connectivity index (χ0n) is 10.9. The van der Waals surface area contributed by atoms with E-state index in [9.17, 15) is 4.79 Å². The molecule has 0 saturated heterocycles. The average molecular weight is 410 g/mol. The van der Waals surface area contributed by atoms with Crippen LogP contribution in [0.1, 0.15) is 43.0 Å². The van der Waals surface area contributed by atoms with E-state index in [0.717, 1.165) is 45.4 Å². The molecule has 1 aliphatic carbocycles. The van der Waals surface area contributed by atoms with Crippen LogP contribution >= 0.6 is 43.2 Å². The van der Waals surface area contributed by atoms with E-state index in [1.807, 2.05) is 17.9 Å². The summed E-state index contributed by atoms with van der Waals surface area (Å²) in [7, 11) is 0. The lowest BCUT2D eigenvalue weighted by Gasteiger charge is -2.35. The first-order chi connectivity index (χ1) is 9.02. The Balaban J connectivity index is 2.13. The molecular weight excluding hydrogens is 392 g/mol. The fourth-order valence-electron chi connectivity index (χ4n) is 2.62. The van der Waals surface area contributed by atoms with Crippen molar-refractivity contribution in [2.24, 2.45) is 5.73 Å². The summed E-state index contributed by atoms with van der Waals surface area (Å²) >= 11 is 8.44. The third-order valence-corrected chi connectivity index (χ3v) is 6.01. The fraction of sp³-hybridized carbons (Fsp3) is 0.615. The van der Waals surface area contributed by atoms with Gasteiger partial charge in [-0.1, -0.05) is 0 Å². The van der Waals surface area contributed by atoms with Crippen LogP contribution in [0.4, 0.5) is 0 Å². The molecule has 0 spiro atoms. The number of rotatable bonds is 3. The van der Waals surface area contributed by atoms with Crippen LogP contribution in [0.5, 0.6) is 0 Å². The number of hydrogen-bond acceptors (Lipinski definition) is 3. The summed E-state index contributed by atoms with van der Waals surface area (Å²) in [5.41, 5.74) is 6.70. The molecule has 19 heavy (non-hydrogen) atoms. The molecule has 1 heterocycles. The van der Waals surface area contributed by atoms with Crippen LogP contribution in [0.2, 0.25) is 0 Å². The lowest BCUT2D eigenvalue weighted by Crippen LogP contribution is -2.44. The second kappa shape index (κ2) is 6.70. The van der Waals surface area contributed by atoms with Gasteiger partial charge in [-0.25, -0.2) is 0 Å². The van der Waals surface area contributed by atoms with Gasteiger partial charge in [-0.15, -0.1) is 11.3 Å².